The summed E-state index contributed by atoms with van der Waals surface area (Å²) in [4.78, 5) is 0. The quantitative estimate of drug-likeness (QED) is 0.563. The summed E-state index contributed by atoms with van der Waals surface area (Å²) >= 11 is 0. The molecule has 1 radical (unpaired) electrons. The first-order chi connectivity index (χ1) is 5.92. The second-order valence-electron chi connectivity index (χ2n) is 2.79. The Morgan fingerprint density at radius 2 is 2.08 bits per heavy atom. The lowest BCUT2D eigenvalue weighted by molar-refractivity contribution is 1.02. The highest BCUT2D eigenvalue weighted by Crippen LogP contribution is 2.27. The van der Waals surface area contributed by atoms with E-state index in [1.165, 1.54) is 0 Å². The third-order valence-corrected chi connectivity index (χ3v) is 2.05. The van der Waals surface area contributed by atoms with Gasteiger partial charge in [0.15, 0.2) is 0 Å². The molecule has 1 heteroatoms. The van der Waals surface area contributed by atoms with E-state index in [2.05, 4.69) is 6.07 Å². The summed E-state index contributed by atoms with van der Waals surface area (Å²) in [5.41, 5.74) is 2.27. The summed E-state index contributed by atoms with van der Waals surface area (Å²) in [5.74, 6) is -0.0637. The Balaban J connectivity index is 2.54. The van der Waals surface area contributed by atoms with Crippen molar-refractivity contribution in [2.75, 3.05) is 0 Å². The zero-order valence-electron chi connectivity index (χ0n) is 6.57. The average molecular weight is 154 g/mol. The summed E-state index contributed by atoms with van der Waals surface area (Å²) in [6.45, 7) is 0. The number of allylic oxidation sites excluding steroid dienone is 1. The predicted octanol–water partition coefficient (Wildman–Crippen LogP) is 2.52. The van der Waals surface area contributed by atoms with E-state index in [4.69, 9.17) is 5.26 Å². The van der Waals surface area contributed by atoms with Crippen LogP contribution in [0.5, 0.6) is 0 Å². The molecule has 57 valence electrons. The molecule has 2 rings (SSSR count). The smallest absolute Gasteiger partial charge is 0.0787 e. The summed E-state index contributed by atoms with van der Waals surface area (Å²) in [5, 5.41) is 8.82. The largest absolute Gasteiger partial charge is 0.198 e. The van der Waals surface area contributed by atoms with Crippen LogP contribution in [0.1, 0.15) is 17.0 Å². The molecule has 0 bridgehead atoms. The Kier molecular flexibility index (Phi) is 1.68. The highest BCUT2D eigenvalue weighted by Gasteiger charge is 2.14. The minimum atomic E-state index is -0.0637. The molecule has 0 saturated carbocycles. The van der Waals surface area contributed by atoms with Crippen molar-refractivity contribution in [2.24, 2.45) is 0 Å². The van der Waals surface area contributed by atoms with Crippen LogP contribution in [0.4, 0.5) is 0 Å². The lowest BCUT2D eigenvalue weighted by Gasteiger charge is -2.14. The van der Waals surface area contributed by atoms with Gasteiger partial charge in [0.25, 0.3) is 0 Å². The zero-order valence-corrected chi connectivity index (χ0v) is 6.57. The highest BCUT2D eigenvalue weighted by atomic mass is 14.3. The van der Waals surface area contributed by atoms with Crippen LogP contribution in [-0.2, 0) is 0 Å². The van der Waals surface area contributed by atoms with Gasteiger partial charge >= 0.3 is 0 Å². The maximum atomic E-state index is 8.82. The van der Waals surface area contributed by atoms with Crippen LogP contribution in [0.3, 0.4) is 0 Å². The van der Waals surface area contributed by atoms with Crippen molar-refractivity contribution in [3.63, 3.8) is 0 Å². The van der Waals surface area contributed by atoms with Gasteiger partial charge in [-0.3, -0.25) is 0 Å². The van der Waals surface area contributed by atoms with E-state index in [-0.39, 0.29) is 5.92 Å². The standard InChI is InChI=1S/C11H8N/c12-8-10-6-3-5-9-4-1-2-7-11(9)10/h1-7,10H. The number of nitriles is 1. The maximum Gasteiger partial charge on any atom is 0.0787 e. The number of rotatable bonds is 0. The van der Waals surface area contributed by atoms with Gasteiger partial charge in [0.05, 0.1) is 12.0 Å². The van der Waals surface area contributed by atoms with Gasteiger partial charge < -0.3 is 0 Å². The Bertz CT molecular complexity index is 358. The number of hydrogen-bond donors (Lipinski definition) is 0. The lowest BCUT2D eigenvalue weighted by Crippen LogP contribution is -2.01. The SMILES string of the molecule is N#CC1[CH]C=Cc2ccccc21. The van der Waals surface area contributed by atoms with Crippen molar-refractivity contribution >= 4 is 6.08 Å². The maximum absolute atomic E-state index is 8.82. The highest BCUT2D eigenvalue weighted by molar-refractivity contribution is 5.61. The molecule has 0 fully saturated rings. The third-order valence-electron chi connectivity index (χ3n) is 2.05. The minimum absolute atomic E-state index is 0.0637. The number of nitrogens with zero attached hydrogens (tertiary/aromatic N) is 1. The molecule has 0 aromatic heterocycles. The van der Waals surface area contributed by atoms with E-state index >= 15 is 0 Å². The molecular formula is C11H8N. The van der Waals surface area contributed by atoms with Gasteiger partial charge in [-0.15, -0.1) is 0 Å². The molecule has 1 unspecified atom stereocenters. The van der Waals surface area contributed by atoms with Crippen LogP contribution in [0.25, 0.3) is 6.08 Å². The van der Waals surface area contributed by atoms with Crippen LogP contribution >= 0.6 is 0 Å². The van der Waals surface area contributed by atoms with Gasteiger partial charge in [-0.2, -0.15) is 5.26 Å². The Hall–Kier alpha value is -1.55. The van der Waals surface area contributed by atoms with Gasteiger partial charge in [0.2, 0.25) is 0 Å². The van der Waals surface area contributed by atoms with Crippen LogP contribution in [-0.4, -0.2) is 0 Å². The van der Waals surface area contributed by atoms with E-state index < -0.39 is 0 Å². The fourth-order valence-electron chi connectivity index (χ4n) is 1.43. The van der Waals surface area contributed by atoms with Crippen molar-refractivity contribution in [1.29, 1.82) is 5.26 Å². The molecule has 0 amide bonds. The van der Waals surface area contributed by atoms with E-state index in [1.807, 2.05) is 42.8 Å². The normalized spacial score (nSPS) is 19.8. The van der Waals surface area contributed by atoms with Gasteiger partial charge in [-0.1, -0.05) is 36.4 Å². The van der Waals surface area contributed by atoms with Crippen molar-refractivity contribution in [3.8, 4) is 6.07 Å². The van der Waals surface area contributed by atoms with Crippen molar-refractivity contribution < 1.29 is 0 Å². The molecule has 1 aromatic carbocycles. The van der Waals surface area contributed by atoms with Crippen LogP contribution in [0, 0.1) is 17.8 Å². The second-order valence-corrected chi connectivity index (χ2v) is 2.79. The molecule has 1 aliphatic rings. The van der Waals surface area contributed by atoms with Crippen LogP contribution in [0.15, 0.2) is 30.3 Å². The number of hydrogen-bond acceptors (Lipinski definition) is 1. The zero-order chi connectivity index (χ0) is 8.39. The Morgan fingerprint density at radius 3 is 2.92 bits per heavy atom. The average Bonchev–Trinajstić information content (AvgIpc) is 2.17. The van der Waals surface area contributed by atoms with Gasteiger partial charge in [-0.25, -0.2) is 0 Å². The molecule has 1 aromatic rings. The van der Waals surface area contributed by atoms with E-state index in [9.17, 15) is 0 Å². The van der Waals surface area contributed by atoms with E-state index in [0.29, 0.717) is 0 Å². The van der Waals surface area contributed by atoms with E-state index in [0.717, 1.165) is 11.1 Å². The topological polar surface area (TPSA) is 23.8 Å². The molecule has 1 atom stereocenters. The fourth-order valence-corrected chi connectivity index (χ4v) is 1.43. The molecule has 1 aliphatic carbocycles. The first-order valence-corrected chi connectivity index (χ1v) is 3.92. The van der Waals surface area contributed by atoms with Gasteiger partial charge in [-0.05, 0) is 11.1 Å². The number of fused-ring (bicyclic) bond motifs is 1. The number of benzene rings is 1. The summed E-state index contributed by atoms with van der Waals surface area (Å²) in [6.07, 6.45) is 5.89. The van der Waals surface area contributed by atoms with Gasteiger partial charge in [0.1, 0.15) is 0 Å². The molecule has 0 aliphatic heterocycles. The Labute approximate surface area is 72.0 Å². The minimum Gasteiger partial charge on any atom is -0.198 e. The van der Waals surface area contributed by atoms with Crippen LogP contribution in [0.2, 0.25) is 0 Å². The van der Waals surface area contributed by atoms with Crippen molar-refractivity contribution in [1.82, 2.24) is 0 Å². The molecule has 0 heterocycles. The fraction of sp³-hybridized carbons (Fsp3) is 0.0909. The predicted molar refractivity (Wildman–Crippen MR) is 48.1 cm³/mol. The molecule has 0 N–H and O–H groups in total. The lowest BCUT2D eigenvalue weighted by atomic mass is 9.88. The summed E-state index contributed by atoms with van der Waals surface area (Å²) in [7, 11) is 0. The summed E-state index contributed by atoms with van der Waals surface area (Å²) in [6, 6.07) is 10.2. The van der Waals surface area contributed by atoms with Crippen molar-refractivity contribution in [3.05, 3.63) is 47.9 Å². The molecule has 1 nitrogen and oxygen atoms in total. The molecule has 12 heavy (non-hydrogen) atoms. The third kappa shape index (κ3) is 1.02. The Morgan fingerprint density at radius 1 is 1.25 bits per heavy atom. The van der Waals surface area contributed by atoms with E-state index in [1.54, 1.807) is 0 Å². The summed E-state index contributed by atoms with van der Waals surface area (Å²) < 4.78 is 0. The van der Waals surface area contributed by atoms with Crippen molar-refractivity contribution in [2.45, 2.75) is 5.92 Å². The second kappa shape index (κ2) is 2.83. The first kappa shape index (κ1) is 7.12. The first-order valence-electron chi connectivity index (χ1n) is 3.92. The molecular weight excluding hydrogens is 146 g/mol. The molecule has 0 spiro atoms. The monoisotopic (exact) mass is 154 g/mol. The van der Waals surface area contributed by atoms with Crippen LogP contribution < -0.4 is 0 Å². The van der Waals surface area contributed by atoms with Gasteiger partial charge in [0, 0.05) is 6.42 Å². The molecule has 0 saturated heterocycles.